The summed E-state index contributed by atoms with van der Waals surface area (Å²) in [6, 6.07) is -0.156. The number of amides is 3. The number of allylic oxidation sites excluding steroid dienone is 2. The molecule has 0 bridgehead atoms. The number of carbonyl (C=O) groups is 2. The Morgan fingerprint density at radius 3 is 2.68 bits per heavy atom. The number of fused-ring (bicyclic) bond motifs is 1. The van der Waals surface area contributed by atoms with Gasteiger partial charge >= 0.3 is 12.2 Å². The zero-order chi connectivity index (χ0) is 22.4. The van der Waals surface area contributed by atoms with Gasteiger partial charge in [0.2, 0.25) is 5.91 Å². The SMILES string of the molecule is C/C=C(\N=C(C)CC1CC2(C1)CN(C(=O)N1CC[C@@H]3OCC(=O)N[C@@H]3C1)C2)C(F)(F)F. The number of aliphatic imine (C=N–C) groups is 1. The van der Waals surface area contributed by atoms with Gasteiger partial charge in [0.25, 0.3) is 0 Å². The third kappa shape index (κ3) is 4.58. The first-order chi connectivity index (χ1) is 14.6. The lowest BCUT2D eigenvalue weighted by Gasteiger charge is -2.60. The Labute approximate surface area is 179 Å². The van der Waals surface area contributed by atoms with Crippen LogP contribution in [0.3, 0.4) is 0 Å². The molecule has 1 N–H and O–H groups in total. The van der Waals surface area contributed by atoms with Crippen molar-refractivity contribution in [1.82, 2.24) is 15.1 Å². The number of rotatable bonds is 3. The number of urea groups is 1. The van der Waals surface area contributed by atoms with E-state index in [2.05, 4.69) is 10.3 Å². The molecule has 0 aromatic rings. The highest BCUT2D eigenvalue weighted by molar-refractivity contribution is 5.83. The molecule has 1 aliphatic carbocycles. The Morgan fingerprint density at radius 2 is 2.03 bits per heavy atom. The molecule has 4 aliphatic rings. The van der Waals surface area contributed by atoms with Gasteiger partial charge in [0.1, 0.15) is 12.3 Å². The molecular weight excluding hydrogens is 413 g/mol. The monoisotopic (exact) mass is 442 g/mol. The number of nitrogens with zero attached hydrogens (tertiary/aromatic N) is 3. The summed E-state index contributed by atoms with van der Waals surface area (Å²) in [5.41, 5.74) is -0.242. The molecule has 3 aliphatic heterocycles. The molecule has 4 fully saturated rings. The predicted molar refractivity (Wildman–Crippen MR) is 108 cm³/mol. The highest BCUT2D eigenvalue weighted by atomic mass is 19.4. The van der Waals surface area contributed by atoms with Crippen LogP contribution >= 0.6 is 0 Å². The molecule has 0 radical (unpaired) electrons. The van der Waals surface area contributed by atoms with Gasteiger partial charge in [0, 0.05) is 37.3 Å². The van der Waals surface area contributed by atoms with Gasteiger partial charge in [0.15, 0.2) is 0 Å². The Hall–Kier alpha value is -2.10. The Balaban J connectivity index is 1.22. The van der Waals surface area contributed by atoms with Gasteiger partial charge < -0.3 is 19.9 Å². The summed E-state index contributed by atoms with van der Waals surface area (Å²) in [4.78, 5) is 31.8. The number of piperidine rings is 1. The zero-order valence-corrected chi connectivity index (χ0v) is 17.9. The summed E-state index contributed by atoms with van der Waals surface area (Å²) in [6.07, 6.45) is -0.366. The summed E-state index contributed by atoms with van der Waals surface area (Å²) >= 11 is 0. The summed E-state index contributed by atoms with van der Waals surface area (Å²) in [5.74, 6) is 0.173. The van der Waals surface area contributed by atoms with Gasteiger partial charge in [-0.1, -0.05) is 6.08 Å². The van der Waals surface area contributed by atoms with E-state index in [0.717, 1.165) is 18.9 Å². The normalized spacial score (nSPS) is 29.3. The van der Waals surface area contributed by atoms with E-state index in [0.29, 0.717) is 50.7 Å². The number of nitrogens with one attached hydrogen (secondary N) is 1. The standard InChI is InChI=1S/C21H29F3N4O3/c1-3-17(21(22,23)24)25-13(2)6-14-7-20(8-14)11-28(12-20)19(30)27-5-4-16-15(9-27)26-18(29)10-31-16/h3,14-16H,4-12H2,1-2H3,(H,26,29)/b17-3-,25-13?/t15-,16+/m1/s1. The maximum Gasteiger partial charge on any atom is 0.432 e. The van der Waals surface area contributed by atoms with Gasteiger partial charge in [-0.25, -0.2) is 4.79 Å². The van der Waals surface area contributed by atoms with Crippen molar-refractivity contribution in [1.29, 1.82) is 0 Å². The van der Waals surface area contributed by atoms with Gasteiger partial charge in [0.05, 0.1) is 12.1 Å². The second kappa shape index (κ2) is 8.11. The Morgan fingerprint density at radius 1 is 1.32 bits per heavy atom. The van der Waals surface area contributed by atoms with Crippen LogP contribution in [0.5, 0.6) is 0 Å². The number of hydrogen-bond donors (Lipinski definition) is 1. The Kier molecular flexibility index (Phi) is 5.78. The molecular formula is C21H29F3N4O3. The molecule has 3 saturated heterocycles. The third-order valence-corrected chi connectivity index (χ3v) is 6.82. The summed E-state index contributed by atoms with van der Waals surface area (Å²) < 4.78 is 44.1. The molecule has 0 aromatic carbocycles. The van der Waals surface area contributed by atoms with Crippen molar-refractivity contribution in [2.24, 2.45) is 16.3 Å². The van der Waals surface area contributed by atoms with Crippen LogP contribution in [0.1, 0.15) is 39.5 Å². The maximum atomic E-state index is 12.8. The van der Waals surface area contributed by atoms with Crippen molar-refractivity contribution in [3.05, 3.63) is 11.8 Å². The van der Waals surface area contributed by atoms with E-state index in [4.69, 9.17) is 4.74 Å². The predicted octanol–water partition coefficient (Wildman–Crippen LogP) is 2.72. The number of carbonyl (C=O) groups excluding carboxylic acids is 2. The molecule has 172 valence electrons. The number of morpholine rings is 1. The van der Waals surface area contributed by atoms with Crippen LogP contribution in [0.25, 0.3) is 0 Å². The van der Waals surface area contributed by atoms with E-state index in [-0.39, 0.29) is 36.1 Å². The third-order valence-electron chi connectivity index (χ3n) is 6.82. The molecule has 10 heteroatoms. The van der Waals surface area contributed by atoms with Crippen LogP contribution in [0.15, 0.2) is 16.8 Å². The smallest absolute Gasteiger partial charge is 0.366 e. The fraction of sp³-hybridized carbons (Fsp3) is 0.762. The van der Waals surface area contributed by atoms with Gasteiger partial charge in [-0.2, -0.15) is 13.2 Å². The molecule has 3 heterocycles. The highest BCUT2D eigenvalue weighted by Gasteiger charge is 2.54. The maximum absolute atomic E-state index is 12.8. The zero-order valence-electron chi connectivity index (χ0n) is 17.9. The first-order valence-corrected chi connectivity index (χ1v) is 10.8. The van der Waals surface area contributed by atoms with Crippen LogP contribution in [-0.2, 0) is 9.53 Å². The number of ether oxygens (including phenoxy) is 1. The van der Waals surface area contributed by atoms with Gasteiger partial charge in [-0.3, -0.25) is 9.79 Å². The highest BCUT2D eigenvalue weighted by Crippen LogP contribution is 2.53. The largest absolute Gasteiger partial charge is 0.432 e. The van der Waals surface area contributed by atoms with Crippen molar-refractivity contribution in [3.8, 4) is 0 Å². The minimum atomic E-state index is -4.42. The first kappa shape index (κ1) is 22.1. The summed E-state index contributed by atoms with van der Waals surface area (Å²) in [7, 11) is 0. The van der Waals surface area contributed by atoms with Crippen LogP contribution in [0.2, 0.25) is 0 Å². The topological polar surface area (TPSA) is 74.2 Å². The van der Waals surface area contributed by atoms with Crippen LogP contribution in [0.4, 0.5) is 18.0 Å². The van der Waals surface area contributed by atoms with Crippen LogP contribution < -0.4 is 5.32 Å². The molecule has 4 rings (SSSR count). The summed E-state index contributed by atoms with van der Waals surface area (Å²) in [6.45, 7) is 5.53. The molecule has 1 saturated carbocycles. The second-order valence-corrected chi connectivity index (χ2v) is 9.39. The number of alkyl halides is 3. The first-order valence-electron chi connectivity index (χ1n) is 10.8. The van der Waals surface area contributed by atoms with Crippen LogP contribution in [0, 0.1) is 11.3 Å². The molecule has 1 spiro atoms. The molecule has 3 amide bonds. The molecule has 2 atom stereocenters. The number of likely N-dealkylation sites (tertiary alicyclic amines) is 2. The van der Waals surface area contributed by atoms with Crippen molar-refractivity contribution in [3.63, 3.8) is 0 Å². The van der Waals surface area contributed by atoms with Crippen molar-refractivity contribution in [2.45, 2.75) is 57.9 Å². The van der Waals surface area contributed by atoms with Crippen LogP contribution in [-0.4, -0.2) is 78.6 Å². The summed E-state index contributed by atoms with van der Waals surface area (Å²) in [5, 5.41) is 2.91. The lowest BCUT2D eigenvalue weighted by Crippen LogP contribution is -2.68. The lowest BCUT2D eigenvalue weighted by atomic mass is 9.57. The number of halogens is 3. The molecule has 7 nitrogen and oxygen atoms in total. The quantitative estimate of drug-likeness (QED) is 0.683. The average Bonchev–Trinajstić information content (AvgIpc) is 2.64. The molecule has 0 aromatic heterocycles. The van der Waals surface area contributed by atoms with Crippen molar-refractivity contribution >= 4 is 17.6 Å². The van der Waals surface area contributed by atoms with E-state index >= 15 is 0 Å². The van der Waals surface area contributed by atoms with E-state index in [1.54, 1.807) is 11.8 Å². The molecule has 0 unspecified atom stereocenters. The molecule has 31 heavy (non-hydrogen) atoms. The van der Waals surface area contributed by atoms with E-state index < -0.39 is 11.9 Å². The Bertz CT molecular complexity index is 796. The fourth-order valence-corrected chi connectivity index (χ4v) is 5.50. The van der Waals surface area contributed by atoms with Crippen molar-refractivity contribution in [2.75, 3.05) is 32.8 Å². The van der Waals surface area contributed by atoms with E-state index in [9.17, 15) is 22.8 Å². The minimum Gasteiger partial charge on any atom is -0.366 e. The van der Waals surface area contributed by atoms with E-state index in [1.807, 2.05) is 4.90 Å². The number of hydrogen-bond acceptors (Lipinski definition) is 4. The van der Waals surface area contributed by atoms with Gasteiger partial charge in [-0.05, 0) is 45.4 Å². The fourth-order valence-electron chi connectivity index (χ4n) is 5.50. The lowest BCUT2D eigenvalue weighted by molar-refractivity contribution is -0.140. The average molecular weight is 442 g/mol. The minimum absolute atomic E-state index is 0.00649. The second-order valence-electron chi connectivity index (χ2n) is 9.39. The van der Waals surface area contributed by atoms with Crippen molar-refractivity contribution < 1.29 is 27.5 Å². The van der Waals surface area contributed by atoms with Gasteiger partial charge in [-0.15, -0.1) is 0 Å². The van der Waals surface area contributed by atoms with E-state index in [1.165, 1.54) is 6.92 Å².